The first-order chi connectivity index (χ1) is 6.19. The molecule has 0 spiro atoms. The molecule has 0 saturated heterocycles. The second-order valence-corrected chi connectivity index (χ2v) is 2.59. The first-order valence-corrected chi connectivity index (χ1v) is 3.85. The fraction of sp³-hybridized carbons (Fsp3) is 0.333. The average Bonchev–Trinajstić information content (AvgIpc) is 2.11. The van der Waals surface area contributed by atoms with Gasteiger partial charge in [0.1, 0.15) is 5.82 Å². The number of phenols is 1. The Hall–Kier alpha value is -1.29. The smallest absolute Gasteiger partial charge is 0.163 e. The number of hydrogen-bond acceptors (Lipinski definition) is 3. The van der Waals surface area contributed by atoms with Crippen LogP contribution in [0.15, 0.2) is 12.1 Å². The molecule has 0 aromatic heterocycles. The fourth-order valence-electron chi connectivity index (χ4n) is 1.09. The Morgan fingerprint density at radius 3 is 2.69 bits per heavy atom. The first kappa shape index (κ1) is 9.80. The van der Waals surface area contributed by atoms with E-state index in [1.54, 1.807) is 0 Å². The van der Waals surface area contributed by atoms with Gasteiger partial charge < -0.3 is 14.9 Å². The van der Waals surface area contributed by atoms with Crippen LogP contribution in [-0.2, 0) is 6.42 Å². The molecule has 0 heterocycles. The Morgan fingerprint density at radius 2 is 2.15 bits per heavy atom. The maximum absolute atomic E-state index is 12.8. The molecule has 0 unspecified atom stereocenters. The van der Waals surface area contributed by atoms with E-state index in [4.69, 9.17) is 9.84 Å². The second kappa shape index (κ2) is 4.09. The van der Waals surface area contributed by atoms with Crippen LogP contribution >= 0.6 is 0 Å². The van der Waals surface area contributed by atoms with E-state index >= 15 is 0 Å². The Bertz CT molecular complexity index is 299. The topological polar surface area (TPSA) is 49.7 Å². The molecule has 0 aliphatic heterocycles. The molecule has 1 aromatic rings. The summed E-state index contributed by atoms with van der Waals surface area (Å²) in [6.45, 7) is -0.139. The highest BCUT2D eigenvalue weighted by Gasteiger charge is 2.09. The molecular formula is C9H11FO3. The fourth-order valence-corrected chi connectivity index (χ4v) is 1.09. The Labute approximate surface area is 75.4 Å². The third-order valence-electron chi connectivity index (χ3n) is 1.72. The quantitative estimate of drug-likeness (QED) is 0.742. The molecule has 0 fully saturated rings. The van der Waals surface area contributed by atoms with Crippen LogP contribution in [0.2, 0.25) is 0 Å². The SMILES string of the molecule is COc1cc(F)cc(CCO)c1O. The van der Waals surface area contributed by atoms with E-state index in [0.717, 1.165) is 6.07 Å². The van der Waals surface area contributed by atoms with Crippen LogP contribution in [0, 0.1) is 5.82 Å². The summed E-state index contributed by atoms with van der Waals surface area (Å²) in [6.07, 6.45) is 0.208. The van der Waals surface area contributed by atoms with E-state index in [0.29, 0.717) is 5.56 Å². The van der Waals surface area contributed by atoms with Gasteiger partial charge in [-0.25, -0.2) is 4.39 Å². The second-order valence-electron chi connectivity index (χ2n) is 2.59. The van der Waals surface area contributed by atoms with Gasteiger partial charge in [-0.2, -0.15) is 0 Å². The van der Waals surface area contributed by atoms with Crippen molar-refractivity contribution in [2.45, 2.75) is 6.42 Å². The van der Waals surface area contributed by atoms with Crippen LogP contribution in [0.25, 0.3) is 0 Å². The van der Waals surface area contributed by atoms with Crippen LogP contribution < -0.4 is 4.74 Å². The molecule has 4 heteroatoms. The van der Waals surface area contributed by atoms with Crippen molar-refractivity contribution < 1.29 is 19.3 Å². The van der Waals surface area contributed by atoms with Crippen molar-refractivity contribution in [3.8, 4) is 11.5 Å². The van der Waals surface area contributed by atoms with Gasteiger partial charge in [-0.15, -0.1) is 0 Å². The molecule has 13 heavy (non-hydrogen) atoms. The summed E-state index contributed by atoms with van der Waals surface area (Å²) in [5, 5.41) is 18.1. The Balaban J connectivity index is 3.11. The summed E-state index contributed by atoms with van der Waals surface area (Å²) < 4.78 is 17.6. The minimum absolute atomic E-state index is 0.0865. The summed E-state index contributed by atoms with van der Waals surface area (Å²) in [5.41, 5.74) is 0.347. The van der Waals surface area contributed by atoms with Crippen molar-refractivity contribution in [1.29, 1.82) is 0 Å². The predicted molar refractivity (Wildman–Crippen MR) is 45.4 cm³/mol. The number of benzene rings is 1. The minimum atomic E-state index is -0.488. The summed E-state index contributed by atoms with van der Waals surface area (Å²) >= 11 is 0. The summed E-state index contributed by atoms with van der Waals surface area (Å²) in [7, 11) is 1.34. The highest BCUT2D eigenvalue weighted by Crippen LogP contribution is 2.30. The lowest BCUT2D eigenvalue weighted by Crippen LogP contribution is -1.95. The number of aromatic hydroxyl groups is 1. The van der Waals surface area contributed by atoms with Crippen LogP contribution in [0.3, 0.4) is 0 Å². The number of aliphatic hydroxyl groups excluding tert-OH is 1. The van der Waals surface area contributed by atoms with E-state index in [1.807, 2.05) is 0 Å². The molecule has 0 bridgehead atoms. The molecule has 0 aliphatic carbocycles. The van der Waals surface area contributed by atoms with Gasteiger partial charge in [-0.3, -0.25) is 0 Å². The average molecular weight is 186 g/mol. The molecule has 0 radical (unpaired) electrons. The van der Waals surface area contributed by atoms with Crippen molar-refractivity contribution in [3.63, 3.8) is 0 Å². The molecule has 1 aromatic carbocycles. The van der Waals surface area contributed by atoms with E-state index in [-0.39, 0.29) is 24.5 Å². The first-order valence-electron chi connectivity index (χ1n) is 3.85. The van der Waals surface area contributed by atoms with Crippen molar-refractivity contribution in [2.24, 2.45) is 0 Å². The largest absolute Gasteiger partial charge is 0.504 e. The van der Waals surface area contributed by atoms with Crippen molar-refractivity contribution >= 4 is 0 Å². The molecular weight excluding hydrogens is 175 g/mol. The van der Waals surface area contributed by atoms with Crippen molar-refractivity contribution in [3.05, 3.63) is 23.5 Å². The number of hydrogen-bond donors (Lipinski definition) is 2. The van der Waals surface area contributed by atoms with Gasteiger partial charge in [0.25, 0.3) is 0 Å². The van der Waals surface area contributed by atoms with Gasteiger partial charge in [0.2, 0.25) is 0 Å². The van der Waals surface area contributed by atoms with E-state index in [2.05, 4.69) is 0 Å². The van der Waals surface area contributed by atoms with E-state index in [1.165, 1.54) is 13.2 Å². The lowest BCUT2D eigenvalue weighted by atomic mass is 10.1. The molecule has 0 amide bonds. The number of rotatable bonds is 3. The minimum Gasteiger partial charge on any atom is -0.504 e. The lowest BCUT2D eigenvalue weighted by Gasteiger charge is -2.07. The highest BCUT2D eigenvalue weighted by atomic mass is 19.1. The standard InChI is InChI=1S/C9H11FO3/c1-13-8-5-7(10)4-6(2-3-11)9(8)12/h4-5,11-12H,2-3H2,1H3. The lowest BCUT2D eigenvalue weighted by molar-refractivity contribution is 0.295. The molecule has 2 N–H and O–H groups in total. The zero-order chi connectivity index (χ0) is 9.84. The monoisotopic (exact) mass is 186 g/mol. The summed E-state index contributed by atoms with van der Waals surface area (Å²) in [4.78, 5) is 0. The Kier molecular flexibility index (Phi) is 3.08. The number of methoxy groups -OCH3 is 1. The van der Waals surface area contributed by atoms with Crippen LogP contribution in [0.4, 0.5) is 4.39 Å². The van der Waals surface area contributed by atoms with E-state index < -0.39 is 5.82 Å². The zero-order valence-corrected chi connectivity index (χ0v) is 7.25. The maximum Gasteiger partial charge on any atom is 0.163 e. The van der Waals surface area contributed by atoms with Crippen LogP contribution in [0.1, 0.15) is 5.56 Å². The third-order valence-corrected chi connectivity index (χ3v) is 1.72. The van der Waals surface area contributed by atoms with Crippen LogP contribution in [0.5, 0.6) is 11.5 Å². The number of phenolic OH excluding ortho intramolecular Hbond substituents is 1. The van der Waals surface area contributed by atoms with Crippen molar-refractivity contribution in [1.82, 2.24) is 0 Å². The van der Waals surface area contributed by atoms with E-state index in [9.17, 15) is 9.50 Å². The third kappa shape index (κ3) is 2.09. The molecule has 72 valence electrons. The molecule has 1 rings (SSSR count). The van der Waals surface area contributed by atoms with Crippen molar-refractivity contribution in [2.75, 3.05) is 13.7 Å². The van der Waals surface area contributed by atoms with Gasteiger partial charge >= 0.3 is 0 Å². The normalized spacial score (nSPS) is 10.1. The summed E-state index contributed by atoms with van der Waals surface area (Å²) in [5.74, 6) is -0.514. The predicted octanol–water partition coefficient (Wildman–Crippen LogP) is 1.07. The molecule has 3 nitrogen and oxygen atoms in total. The van der Waals surface area contributed by atoms with Gasteiger partial charge in [0, 0.05) is 18.2 Å². The Morgan fingerprint density at radius 1 is 1.46 bits per heavy atom. The van der Waals surface area contributed by atoms with Gasteiger partial charge in [-0.05, 0) is 12.5 Å². The molecule has 0 atom stereocenters. The molecule has 0 aliphatic rings. The molecule has 0 saturated carbocycles. The summed E-state index contributed by atoms with van der Waals surface area (Å²) in [6, 6.07) is 2.27. The van der Waals surface area contributed by atoms with Crippen LogP contribution in [-0.4, -0.2) is 23.9 Å². The number of ether oxygens (including phenoxy) is 1. The zero-order valence-electron chi connectivity index (χ0n) is 7.25. The van der Waals surface area contributed by atoms with Gasteiger partial charge in [-0.1, -0.05) is 0 Å². The van der Waals surface area contributed by atoms with Gasteiger partial charge in [0.05, 0.1) is 7.11 Å². The van der Waals surface area contributed by atoms with Gasteiger partial charge in [0.15, 0.2) is 11.5 Å². The maximum atomic E-state index is 12.8. The number of aliphatic hydroxyl groups is 1. The highest BCUT2D eigenvalue weighted by molar-refractivity contribution is 5.45. The number of halogens is 1.